The lowest BCUT2D eigenvalue weighted by atomic mass is 10.1. The number of benzene rings is 1. The molecule has 5 nitrogen and oxygen atoms in total. The molecule has 1 atom stereocenters. The zero-order valence-electron chi connectivity index (χ0n) is 10.8. The fourth-order valence-electron chi connectivity index (χ4n) is 2.04. The molecule has 0 spiro atoms. The Labute approximate surface area is 121 Å². The van der Waals surface area contributed by atoms with Crippen LogP contribution in [0.3, 0.4) is 0 Å². The molecule has 1 aromatic heterocycles. The number of anilines is 1. The van der Waals surface area contributed by atoms with Gasteiger partial charge in [0.25, 0.3) is 0 Å². The molecule has 0 aliphatic carbocycles. The lowest BCUT2D eigenvalue weighted by molar-refractivity contribution is -0.117. The number of nitrogens with one attached hydrogen (secondary N) is 2. The molecule has 2 N–H and O–H groups in total. The molecule has 1 unspecified atom stereocenters. The van der Waals surface area contributed by atoms with Gasteiger partial charge in [0.2, 0.25) is 5.91 Å². The van der Waals surface area contributed by atoms with Gasteiger partial charge in [0.15, 0.2) is 12.2 Å². The highest BCUT2D eigenvalue weighted by Gasteiger charge is 2.20. The average molecular weight is 289 g/mol. The number of aromatic nitrogens is 1. The van der Waals surface area contributed by atoms with Crippen LogP contribution in [0, 0.1) is 0 Å². The van der Waals surface area contributed by atoms with Crippen LogP contribution in [0.25, 0.3) is 11.3 Å². The highest BCUT2D eigenvalue weighted by molar-refractivity contribution is 7.99. The Hall–Kier alpha value is -1.79. The second-order valence-electron chi connectivity index (χ2n) is 4.51. The van der Waals surface area contributed by atoms with Crippen molar-refractivity contribution in [3.05, 3.63) is 36.9 Å². The monoisotopic (exact) mass is 289 g/mol. The summed E-state index contributed by atoms with van der Waals surface area (Å²) in [5, 5.41) is 6.14. The number of oxazole rings is 1. The lowest BCUT2D eigenvalue weighted by Crippen LogP contribution is -2.46. The quantitative estimate of drug-likeness (QED) is 0.904. The van der Waals surface area contributed by atoms with Gasteiger partial charge in [0.05, 0.1) is 12.2 Å². The van der Waals surface area contributed by atoms with Gasteiger partial charge in [-0.1, -0.05) is 0 Å². The number of amides is 1. The van der Waals surface area contributed by atoms with E-state index in [2.05, 4.69) is 15.6 Å². The summed E-state index contributed by atoms with van der Waals surface area (Å²) in [5.74, 6) is 2.62. The number of carbonyl (C=O) groups is 1. The molecule has 2 aromatic rings. The van der Waals surface area contributed by atoms with E-state index in [9.17, 15) is 4.79 Å². The minimum absolute atomic E-state index is 0.0182. The third-order valence-corrected chi connectivity index (χ3v) is 4.17. The molecule has 1 fully saturated rings. The highest BCUT2D eigenvalue weighted by Crippen LogP contribution is 2.21. The minimum atomic E-state index is -0.109. The summed E-state index contributed by atoms with van der Waals surface area (Å²) < 4.78 is 5.22. The number of hydrogen-bond donors (Lipinski definition) is 2. The Balaban J connectivity index is 1.64. The third kappa shape index (κ3) is 3.02. The first-order chi connectivity index (χ1) is 9.83. The van der Waals surface area contributed by atoms with Crippen molar-refractivity contribution in [2.75, 3.05) is 23.4 Å². The molecule has 20 heavy (non-hydrogen) atoms. The Morgan fingerprint density at radius 2 is 2.25 bits per heavy atom. The van der Waals surface area contributed by atoms with Crippen molar-refractivity contribution in [1.82, 2.24) is 10.3 Å². The first-order valence-corrected chi connectivity index (χ1v) is 7.59. The van der Waals surface area contributed by atoms with E-state index in [1.54, 1.807) is 18.0 Å². The molecular weight excluding hydrogens is 274 g/mol. The van der Waals surface area contributed by atoms with E-state index in [0.717, 1.165) is 29.3 Å². The van der Waals surface area contributed by atoms with E-state index >= 15 is 0 Å². The summed E-state index contributed by atoms with van der Waals surface area (Å²) in [7, 11) is 0. The van der Waals surface area contributed by atoms with E-state index in [0.29, 0.717) is 5.76 Å². The molecule has 104 valence electrons. The summed E-state index contributed by atoms with van der Waals surface area (Å²) in [6.07, 6.45) is 3.06. The maximum absolute atomic E-state index is 12.1. The van der Waals surface area contributed by atoms with Crippen molar-refractivity contribution in [1.29, 1.82) is 0 Å². The SMILES string of the molecule is O=C(Nc1ccc(-c2cnco2)cc1)C1CSCCN1. The second-order valence-corrected chi connectivity index (χ2v) is 5.66. The van der Waals surface area contributed by atoms with E-state index in [1.165, 1.54) is 6.39 Å². The zero-order valence-corrected chi connectivity index (χ0v) is 11.7. The molecule has 3 rings (SSSR count). The maximum Gasteiger partial charge on any atom is 0.242 e. The van der Waals surface area contributed by atoms with Crippen LogP contribution >= 0.6 is 11.8 Å². The van der Waals surface area contributed by atoms with Crippen LogP contribution in [0.5, 0.6) is 0 Å². The summed E-state index contributed by atoms with van der Waals surface area (Å²) >= 11 is 1.80. The van der Waals surface area contributed by atoms with Crippen LogP contribution in [0.2, 0.25) is 0 Å². The van der Waals surface area contributed by atoms with Gasteiger partial charge in [0.1, 0.15) is 0 Å². The molecule has 1 amide bonds. The van der Waals surface area contributed by atoms with Gasteiger partial charge in [-0.25, -0.2) is 4.98 Å². The molecular formula is C14H15N3O2S. The Morgan fingerprint density at radius 3 is 2.90 bits per heavy atom. The van der Waals surface area contributed by atoms with Crippen LogP contribution in [0.1, 0.15) is 0 Å². The summed E-state index contributed by atoms with van der Waals surface area (Å²) in [6.45, 7) is 0.882. The molecule has 2 heterocycles. The van der Waals surface area contributed by atoms with E-state index in [4.69, 9.17) is 4.42 Å². The molecule has 0 saturated carbocycles. The lowest BCUT2D eigenvalue weighted by Gasteiger charge is -2.22. The van der Waals surface area contributed by atoms with E-state index in [1.807, 2.05) is 24.3 Å². The molecule has 1 aliphatic heterocycles. The van der Waals surface area contributed by atoms with Gasteiger partial charge in [-0.05, 0) is 24.3 Å². The van der Waals surface area contributed by atoms with Gasteiger partial charge in [-0.15, -0.1) is 0 Å². The van der Waals surface area contributed by atoms with Crippen LogP contribution in [-0.4, -0.2) is 35.0 Å². The number of thioether (sulfide) groups is 1. The minimum Gasteiger partial charge on any atom is -0.444 e. The molecule has 0 radical (unpaired) electrons. The first-order valence-electron chi connectivity index (χ1n) is 6.44. The van der Waals surface area contributed by atoms with Crippen LogP contribution in [0.4, 0.5) is 5.69 Å². The van der Waals surface area contributed by atoms with Crippen LogP contribution in [0.15, 0.2) is 41.3 Å². The topological polar surface area (TPSA) is 67.2 Å². The van der Waals surface area contributed by atoms with E-state index in [-0.39, 0.29) is 11.9 Å². The Bertz CT molecular complexity index is 563. The van der Waals surface area contributed by atoms with Crippen molar-refractivity contribution in [3.63, 3.8) is 0 Å². The van der Waals surface area contributed by atoms with Crippen molar-refractivity contribution in [2.45, 2.75) is 6.04 Å². The van der Waals surface area contributed by atoms with Gasteiger partial charge in [0, 0.05) is 29.3 Å². The fourth-order valence-corrected chi connectivity index (χ4v) is 2.97. The zero-order chi connectivity index (χ0) is 13.8. The standard InChI is InChI=1S/C14H15N3O2S/c18-14(12-8-20-6-5-16-12)17-11-3-1-10(2-4-11)13-7-15-9-19-13/h1-4,7,9,12,16H,5-6,8H2,(H,17,18). The summed E-state index contributed by atoms with van der Waals surface area (Å²) in [4.78, 5) is 15.9. The highest BCUT2D eigenvalue weighted by atomic mass is 32.2. The van der Waals surface area contributed by atoms with Gasteiger partial charge in [-0.2, -0.15) is 11.8 Å². The predicted octanol–water partition coefficient (Wildman–Crippen LogP) is 1.99. The second kappa shape index (κ2) is 6.11. The Morgan fingerprint density at radius 1 is 1.40 bits per heavy atom. The summed E-state index contributed by atoms with van der Waals surface area (Å²) in [5.41, 5.74) is 1.72. The maximum atomic E-state index is 12.1. The molecule has 1 aliphatic rings. The molecule has 0 bridgehead atoms. The number of hydrogen-bond acceptors (Lipinski definition) is 5. The number of nitrogens with zero attached hydrogens (tertiary/aromatic N) is 1. The van der Waals surface area contributed by atoms with Gasteiger partial charge < -0.3 is 15.1 Å². The van der Waals surface area contributed by atoms with Crippen LogP contribution in [-0.2, 0) is 4.79 Å². The smallest absolute Gasteiger partial charge is 0.242 e. The Kier molecular flexibility index (Phi) is 4.03. The molecule has 6 heteroatoms. The number of carbonyl (C=O) groups excluding carboxylic acids is 1. The van der Waals surface area contributed by atoms with E-state index < -0.39 is 0 Å². The average Bonchev–Trinajstić information content (AvgIpc) is 3.03. The van der Waals surface area contributed by atoms with Crippen molar-refractivity contribution >= 4 is 23.4 Å². The fraction of sp³-hybridized carbons (Fsp3) is 0.286. The van der Waals surface area contributed by atoms with Crippen LogP contribution < -0.4 is 10.6 Å². The van der Waals surface area contributed by atoms with Gasteiger partial charge >= 0.3 is 0 Å². The summed E-state index contributed by atoms with van der Waals surface area (Å²) in [6, 6.07) is 7.43. The largest absolute Gasteiger partial charge is 0.444 e. The molecule has 1 saturated heterocycles. The van der Waals surface area contributed by atoms with Crippen molar-refractivity contribution in [2.24, 2.45) is 0 Å². The first kappa shape index (κ1) is 13.2. The number of rotatable bonds is 3. The molecule has 1 aromatic carbocycles. The third-order valence-electron chi connectivity index (χ3n) is 3.11. The van der Waals surface area contributed by atoms with Crippen molar-refractivity contribution in [3.8, 4) is 11.3 Å². The predicted molar refractivity (Wildman–Crippen MR) is 79.7 cm³/mol. The normalized spacial score (nSPS) is 18.7. The van der Waals surface area contributed by atoms with Gasteiger partial charge in [-0.3, -0.25) is 4.79 Å². The van der Waals surface area contributed by atoms with Crippen molar-refractivity contribution < 1.29 is 9.21 Å².